The van der Waals surface area contributed by atoms with Crippen LogP contribution in [-0.4, -0.2) is 66.4 Å². The average Bonchev–Trinajstić information content (AvgIpc) is 3.19. The van der Waals surface area contributed by atoms with Crippen molar-refractivity contribution < 1.29 is 29.0 Å². The van der Waals surface area contributed by atoms with E-state index in [4.69, 9.17) is 14.6 Å². The van der Waals surface area contributed by atoms with Gasteiger partial charge in [0, 0.05) is 32.5 Å². The molecule has 1 saturated heterocycles. The Morgan fingerprint density at radius 3 is 2.17 bits per heavy atom. The van der Waals surface area contributed by atoms with Crippen LogP contribution in [0.5, 0.6) is 0 Å². The zero-order valence-electron chi connectivity index (χ0n) is 20.2. The van der Waals surface area contributed by atoms with E-state index in [0.717, 1.165) is 22.3 Å². The average molecular weight is 481 g/mol. The van der Waals surface area contributed by atoms with Crippen LogP contribution in [0.2, 0.25) is 0 Å². The summed E-state index contributed by atoms with van der Waals surface area (Å²) in [5.74, 6) is -1.42. The molecule has 2 N–H and O–H groups in total. The number of alkyl carbamates (subject to hydrolysis) is 1. The Morgan fingerprint density at radius 2 is 1.63 bits per heavy atom. The second-order valence-corrected chi connectivity index (χ2v) is 9.43. The Labute approximate surface area is 205 Å². The smallest absolute Gasteiger partial charge is 0.407 e. The predicted octanol–water partition coefficient (Wildman–Crippen LogP) is 3.79. The SMILES string of the molecule is COC1(C)CCN(C(=O)C(CCC(=O)O)NC(=O)OCC2c3ccccc3-c3ccccc32)CC1. The van der Waals surface area contributed by atoms with E-state index >= 15 is 0 Å². The lowest BCUT2D eigenvalue weighted by atomic mass is 9.93. The van der Waals surface area contributed by atoms with Crippen LogP contribution >= 0.6 is 0 Å². The highest BCUT2D eigenvalue weighted by Gasteiger charge is 2.35. The van der Waals surface area contributed by atoms with Crippen LogP contribution in [0.3, 0.4) is 0 Å². The largest absolute Gasteiger partial charge is 0.481 e. The van der Waals surface area contributed by atoms with Crippen LogP contribution < -0.4 is 5.32 Å². The zero-order valence-corrected chi connectivity index (χ0v) is 20.2. The molecule has 1 aliphatic heterocycles. The maximum Gasteiger partial charge on any atom is 0.407 e. The Bertz CT molecular complexity index is 1050. The van der Waals surface area contributed by atoms with E-state index in [9.17, 15) is 14.4 Å². The minimum Gasteiger partial charge on any atom is -0.481 e. The number of benzene rings is 2. The molecule has 0 saturated carbocycles. The van der Waals surface area contributed by atoms with Crippen molar-refractivity contribution >= 4 is 18.0 Å². The minimum atomic E-state index is -1.03. The number of nitrogens with one attached hydrogen (secondary N) is 1. The van der Waals surface area contributed by atoms with Crippen molar-refractivity contribution in [2.45, 2.75) is 50.2 Å². The Kier molecular flexibility index (Phi) is 7.40. The molecule has 1 heterocycles. The standard InChI is InChI=1S/C27H32N2O6/c1-27(34-2)13-15-29(16-14-27)25(32)23(11-12-24(30)31)28-26(33)35-17-22-20-9-5-3-7-18(20)19-8-4-6-10-21(19)22/h3-10,22-23H,11-17H2,1-2H3,(H,28,33)(H,30,31). The van der Waals surface area contributed by atoms with Crippen LogP contribution in [0.25, 0.3) is 11.1 Å². The molecule has 1 atom stereocenters. The van der Waals surface area contributed by atoms with E-state index in [2.05, 4.69) is 17.4 Å². The van der Waals surface area contributed by atoms with Gasteiger partial charge in [-0.15, -0.1) is 0 Å². The van der Waals surface area contributed by atoms with E-state index in [0.29, 0.717) is 25.9 Å². The fraction of sp³-hybridized carbons (Fsp3) is 0.444. The first-order valence-electron chi connectivity index (χ1n) is 12.0. The van der Waals surface area contributed by atoms with Gasteiger partial charge in [0.2, 0.25) is 5.91 Å². The van der Waals surface area contributed by atoms with Crippen molar-refractivity contribution in [3.05, 3.63) is 59.7 Å². The van der Waals surface area contributed by atoms with Gasteiger partial charge in [0.1, 0.15) is 12.6 Å². The molecule has 0 aromatic heterocycles. The number of carboxylic acids is 1. The number of methoxy groups -OCH3 is 1. The molecular weight excluding hydrogens is 448 g/mol. The summed E-state index contributed by atoms with van der Waals surface area (Å²) >= 11 is 0. The summed E-state index contributed by atoms with van der Waals surface area (Å²) in [6.07, 6.45) is 0.381. The highest BCUT2D eigenvalue weighted by Crippen LogP contribution is 2.44. The molecule has 2 aromatic carbocycles. The van der Waals surface area contributed by atoms with Gasteiger partial charge >= 0.3 is 12.1 Å². The number of hydrogen-bond acceptors (Lipinski definition) is 5. The molecule has 35 heavy (non-hydrogen) atoms. The maximum absolute atomic E-state index is 13.2. The van der Waals surface area contributed by atoms with E-state index in [-0.39, 0.29) is 36.9 Å². The number of likely N-dealkylation sites (tertiary alicyclic amines) is 1. The van der Waals surface area contributed by atoms with Gasteiger partial charge in [0.25, 0.3) is 0 Å². The normalized spacial score (nSPS) is 17.3. The van der Waals surface area contributed by atoms with Crippen molar-refractivity contribution in [3.63, 3.8) is 0 Å². The fourth-order valence-electron chi connectivity index (χ4n) is 4.93. The van der Waals surface area contributed by atoms with Gasteiger partial charge < -0.3 is 24.8 Å². The molecule has 2 aromatic rings. The summed E-state index contributed by atoms with van der Waals surface area (Å²) in [5.41, 5.74) is 4.15. The monoisotopic (exact) mass is 480 g/mol. The first kappa shape index (κ1) is 24.7. The van der Waals surface area contributed by atoms with Gasteiger partial charge in [-0.2, -0.15) is 0 Å². The number of fused-ring (bicyclic) bond motifs is 3. The predicted molar refractivity (Wildman–Crippen MR) is 130 cm³/mol. The van der Waals surface area contributed by atoms with Crippen molar-refractivity contribution in [2.24, 2.45) is 0 Å². The third kappa shape index (κ3) is 5.48. The molecule has 1 fully saturated rings. The molecule has 0 radical (unpaired) electrons. The van der Waals surface area contributed by atoms with Gasteiger partial charge in [-0.25, -0.2) is 4.79 Å². The number of hydrogen-bond donors (Lipinski definition) is 2. The number of amides is 2. The zero-order chi connectivity index (χ0) is 25.0. The van der Waals surface area contributed by atoms with E-state index < -0.39 is 18.1 Å². The molecule has 8 heteroatoms. The van der Waals surface area contributed by atoms with Crippen LogP contribution in [0.1, 0.15) is 49.7 Å². The van der Waals surface area contributed by atoms with Crippen LogP contribution in [0.4, 0.5) is 4.79 Å². The van der Waals surface area contributed by atoms with Gasteiger partial charge in [0.05, 0.1) is 5.60 Å². The van der Waals surface area contributed by atoms with E-state index in [1.165, 1.54) is 0 Å². The Morgan fingerprint density at radius 1 is 1.06 bits per heavy atom. The quantitative estimate of drug-likeness (QED) is 0.596. The summed E-state index contributed by atoms with van der Waals surface area (Å²) in [6, 6.07) is 15.1. The summed E-state index contributed by atoms with van der Waals surface area (Å²) in [7, 11) is 1.66. The first-order valence-corrected chi connectivity index (χ1v) is 12.0. The number of aliphatic carboxylic acids is 1. The molecule has 186 valence electrons. The summed E-state index contributed by atoms with van der Waals surface area (Å²) in [6.45, 7) is 3.10. The molecule has 1 unspecified atom stereocenters. The molecule has 1 aliphatic carbocycles. The van der Waals surface area contributed by atoms with Gasteiger partial charge in [0.15, 0.2) is 0 Å². The highest BCUT2D eigenvalue weighted by atomic mass is 16.5. The number of nitrogens with zero attached hydrogens (tertiary/aromatic N) is 1. The number of ether oxygens (including phenoxy) is 2. The second kappa shape index (κ2) is 10.5. The van der Waals surface area contributed by atoms with Crippen molar-refractivity contribution in [2.75, 3.05) is 26.8 Å². The molecule has 0 bridgehead atoms. The van der Waals surface area contributed by atoms with E-state index in [1.54, 1.807) is 12.0 Å². The number of piperidine rings is 1. The molecular formula is C27H32N2O6. The number of rotatable bonds is 8. The van der Waals surface area contributed by atoms with Crippen molar-refractivity contribution in [3.8, 4) is 11.1 Å². The number of carbonyl (C=O) groups excluding carboxylic acids is 2. The third-order valence-electron chi connectivity index (χ3n) is 7.21. The molecule has 4 rings (SSSR count). The molecule has 0 spiro atoms. The lowest BCUT2D eigenvalue weighted by Gasteiger charge is -2.39. The third-order valence-corrected chi connectivity index (χ3v) is 7.21. The van der Waals surface area contributed by atoms with Gasteiger partial charge in [-0.1, -0.05) is 48.5 Å². The summed E-state index contributed by atoms with van der Waals surface area (Å²) in [5, 5.41) is 11.8. The van der Waals surface area contributed by atoms with Crippen LogP contribution in [0, 0.1) is 0 Å². The minimum absolute atomic E-state index is 0.00356. The molecule has 2 aliphatic rings. The van der Waals surface area contributed by atoms with Crippen molar-refractivity contribution in [1.82, 2.24) is 10.2 Å². The first-order chi connectivity index (χ1) is 16.8. The van der Waals surface area contributed by atoms with Crippen LogP contribution in [-0.2, 0) is 19.1 Å². The lowest BCUT2D eigenvalue weighted by molar-refractivity contribution is -0.139. The van der Waals surface area contributed by atoms with E-state index in [1.807, 2.05) is 43.3 Å². The van der Waals surface area contributed by atoms with Gasteiger partial charge in [-0.05, 0) is 48.4 Å². The summed E-state index contributed by atoms with van der Waals surface area (Å²) < 4.78 is 11.1. The number of carboxylic acid groups (broad SMARTS) is 1. The Hall–Kier alpha value is -3.39. The second-order valence-electron chi connectivity index (χ2n) is 9.43. The van der Waals surface area contributed by atoms with Crippen molar-refractivity contribution in [1.29, 1.82) is 0 Å². The summed E-state index contributed by atoms with van der Waals surface area (Å²) in [4.78, 5) is 38.7. The van der Waals surface area contributed by atoms with Crippen LogP contribution in [0.15, 0.2) is 48.5 Å². The molecule has 2 amide bonds. The number of carbonyl (C=O) groups is 3. The lowest BCUT2D eigenvalue weighted by Crippen LogP contribution is -2.53. The maximum atomic E-state index is 13.2. The fourth-order valence-corrected chi connectivity index (χ4v) is 4.93. The highest BCUT2D eigenvalue weighted by molar-refractivity contribution is 5.86. The Balaban J connectivity index is 1.40. The van der Waals surface area contributed by atoms with Gasteiger partial charge in [-0.3, -0.25) is 9.59 Å². The molecule has 8 nitrogen and oxygen atoms in total. The topological polar surface area (TPSA) is 105 Å².